The highest BCUT2D eigenvalue weighted by atomic mass is 16.5. The molecule has 3 aromatic rings. The number of benzene rings is 2. The Bertz CT molecular complexity index is 1210. The van der Waals surface area contributed by atoms with E-state index in [1.165, 1.54) is 0 Å². The first kappa shape index (κ1) is 18.5. The molecule has 3 heterocycles. The van der Waals surface area contributed by atoms with Crippen LogP contribution < -0.4 is 4.74 Å². The number of ketones is 1. The molecule has 6 nitrogen and oxygen atoms in total. The Morgan fingerprint density at radius 1 is 1.23 bits per heavy atom. The molecule has 152 valence electrons. The van der Waals surface area contributed by atoms with E-state index in [4.69, 9.17) is 4.74 Å². The molecule has 1 amide bonds. The second kappa shape index (κ2) is 7.06. The number of amides is 1. The minimum Gasteiger partial charge on any atom is -0.507 e. The van der Waals surface area contributed by atoms with Gasteiger partial charge in [0.05, 0.1) is 18.2 Å². The summed E-state index contributed by atoms with van der Waals surface area (Å²) >= 11 is 0. The molecule has 5 rings (SSSR count). The van der Waals surface area contributed by atoms with Crippen molar-refractivity contribution in [3.63, 3.8) is 0 Å². The molecule has 0 saturated carbocycles. The van der Waals surface area contributed by atoms with Gasteiger partial charge in [-0.1, -0.05) is 25.1 Å². The molecule has 1 saturated heterocycles. The summed E-state index contributed by atoms with van der Waals surface area (Å²) in [5.74, 6) is -0.561. The number of fused-ring (bicyclic) bond motifs is 2. The molecule has 2 N–H and O–H groups in total. The van der Waals surface area contributed by atoms with Crippen molar-refractivity contribution < 1.29 is 19.4 Å². The molecule has 0 spiro atoms. The molecule has 1 aromatic heterocycles. The van der Waals surface area contributed by atoms with Crippen LogP contribution in [0.1, 0.15) is 36.1 Å². The number of ether oxygens (including phenoxy) is 1. The SMILES string of the molecule is CCCN1C(=O)C(=O)/C(=C(/O)c2ccc3c(c2)CCO3)C1c1c[nH]c2ccccc12. The van der Waals surface area contributed by atoms with E-state index in [9.17, 15) is 14.7 Å². The summed E-state index contributed by atoms with van der Waals surface area (Å²) in [7, 11) is 0. The molecule has 1 atom stereocenters. The first-order valence-electron chi connectivity index (χ1n) is 10.2. The Balaban J connectivity index is 1.70. The molecule has 1 fully saturated rings. The average molecular weight is 402 g/mol. The highest BCUT2D eigenvalue weighted by Crippen LogP contribution is 2.42. The van der Waals surface area contributed by atoms with Gasteiger partial charge in [-0.25, -0.2) is 0 Å². The number of aromatic amines is 1. The zero-order valence-electron chi connectivity index (χ0n) is 16.6. The van der Waals surface area contributed by atoms with Gasteiger partial charge in [0.1, 0.15) is 11.5 Å². The van der Waals surface area contributed by atoms with E-state index in [-0.39, 0.29) is 11.3 Å². The standard InChI is InChI=1S/C24H22N2O4/c1-2-10-26-21(17-13-25-18-6-4-3-5-16(17)18)20(23(28)24(26)29)22(27)15-7-8-19-14(12-15)9-11-30-19/h3-8,12-13,21,25,27H,2,9-11H2,1H3/b22-20+. The van der Waals surface area contributed by atoms with Gasteiger partial charge in [-0.05, 0) is 36.2 Å². The highest BCUT2D eigenvalue weighted by molar-refractivity contribution is 6.46. The Labute approximate surface area is 173 Å². The number of nitrogens with zero attached hydrogens (tertiary/aromatic N) is 1. The van der Waals surface area contributed by atoms with E-state index in [1.807, 2.05) is 43.5 Å². The van der Waals surface area contributed by atoms with Crippen LogP contribution in [0, 0.1) is 0 Å². The lowest BCUT2D eigenvalue weighted by molar-refractivity contribution is -0.139. The fourth-order valence-electron chi connectivity index (χ4n) is 4.48. The molecule has 0 bridgehead atoms. The van der Waals surface area contributed by atoms with E-state index < -0.39 is 17.7 Å². The second-order valence-corrected chi connectivity index (χ2v) is 7.70. The maximum Gasteiger partial charge on any atom is 0.295 e. The Kier molecular flexibility index (Phi) is 4.35. The average Bonchev–Trinajstić information content (AvgIpc) is 3.46. The van der Waals surface area contributed by atoms with Gasteiger partial charge >= 0.3 is 0 Å². The van der Waals surface area contributed by atoms with E-state index in [2.05, 4.69) is 4.98 Å². The van der Waals surface area contributed by atoms with E-state index in [0.717, 1.165) is 34.2 Å². The summed E-state index contributed by atoms with van der Waals surface area (Å²) in [6.07, 6.45) is 3.29. The summed E-state index contributed by atoms with van der Waals surface area (Å²) in [6, 6.07) is 12.5. The number of rotatable bonds is 4. The van der Waals surface area contributed by atoms with Gasteiger partial charge in [0.25, 0.3) is 11.7 Å². The van der Waals surface area contributed by atoms with Crippen molar-refractivity contribution in [1.82, 2.24) is 9.88 Å². The van der Waals surface area contributed by atoms with Gasteiger partial charge < -0.3 is 19.7 Å². The first-order valence-corrected chi connectivity index (χ1v) is 10.2. The van der Waals surface area contributed by atoms with Crippen LogP contribution in [0.4, 0.5) is 0 Å². The number of nitrogens with one attached hydrogen (secondary N) is 1. The Morgan fingerprint density at radius 2 is 2.07 bits per heavy atom. The van der Waals surface area contributed by atoms with Crippen LogP contribution >= 0.6 is 0 Å². The maximum atomic E-state index is 13.0. The van der Waals surface area contributed by atoms with Crippen molar-refractivity contribution in [2.24, 2.45) is 0 Å². The van der Waals surface area contributed by atoms with Gasteiger partial charge in [-0.2, -0.15) is 0 Å². The topological polar surface area (TPSA) is 82.6 Å². The van der Waals surface area contributed by atoms with Crippen LogP contribution in [0.2, 0.25) is 0 Å². The van der Waals surface area contributed by atoms with Crippen LogP contribution in [0.25, 0.3) is 16.7 Å². The monoisotopic (exact) mass is 402 g/mol. The Hall–Kier alpha value is -3.54. The van der Waals surface area contributed by atoms with Crippen molar-refractivity contribution in [2.45, 2.75) is 25.8 Å². The van der Waals surface area contributed by atoms with Crippen molar-refractivity contribution in [3.8, 4) is 5.75 Å². The zero-order chi connectivity index (χ0) is 20.8. The number of likely N-dealkylation sites (tertiary alicyclic amines) is 1. The van der Waals surface area contributed by atoms with Gasteiger partial charge in [0, 0.05) is 41.2 Å². The third kappa shape index (κ3) is 2.71. The molecule has 1 unspecified atom stereocenters. The molecule has 2 aromatic carbocycles. The molecule has 2 aliphatic rings. The number of aliphatic hydroxyl groups is 1. The summed E-state index contributed by atoms with van der Waals surface area (Å²) in [4.78, 5) is 30.7. The van der Waals surface area contributed by atoms with E-state index in [1.54, 1.807) is 17.0 Å². The van der Waals surface area contributed by atoms with Crippen molar-refractivity contribution in [1.29, 1.82) is 0 Å². The minimum atomic E-state index is -0.645. The van der Waals surface area contributed by atoms with Gasteiger partial charge in [0.2, 0.25) is 0 Å². The van der Waals surface area contributed by atoms with Crippen LogP contribution in [-0.2, 0) is 16.0 Å². The number of aliphatic hydroxyl groups excluding tert-OH is 1. The van der Waals surface area contributed by atoms with Crippen LogP contribution in [0.15, 0.2) is 54.2 Å². The number of hydrogen-bond donors (Lipinski definition) is 2. The van der Waals surface area contributed by atoms with Crippen molar-refractivity contribution in [3.05, 3.63) is 70.9 Å². The second-order valence-electron chi connectivity index (χ2n) is 7.70. The summed E-state index contributed by atoms with van der Waals surface area (Å²) in [5.41, 5.74) is 3.38. The number of carbonyl (C=O) groups is 2. The fourth-order valence-corrected chi connectivity index (χ4v) is 4.48. The molecule has 6 heteroatoms. The lowest BCUT2D eigenvalue weighted by atomic mass is 9.94. The summed E-state index contributed by atoms with van der Waals surface area (Å²) in [5, 5.41) is 12.1. The quantitative estimate of drug-likeness (QED) is 0.393. The number of Topliss-reactive ketones (excluding diaryl/α,β-unsaturated/α-hetero) is 1. The molecule has 0 aliphatic carbocycles. The summed E-state index contributed by atoms with van der Waals surface area (Å²) in [6.45, 7) is 3.01. The predicted molar refractivity (Wildman–Crippen MR) is 113 cm³/mol. The van der Waals surface area contributed by atoms with Gasteiger partial charge in [0.15, 0.2) is 0 Å². The van der Waals surface area contributed by atoms with Crippen molar-refractivity contribution >= 4 is 28.4 Å². The molecule has 0 radical (unpaired) electrons. The normalized spacial score (nSPS) is 20.0. The lowest BCUT2D eigenvalue weighted by Gasteiger charge is -2.24. The predicted octanol–water partition coefficient (Wildman–Crippen LogP) is 3.93. The highest BCUT2D eigenvalue weighted by Gasteiger charge is 2.46. The smallest absolute Gasteiger partial charge is 0.295 e. The zero-order valence-corrected chi connectivity index (χ0v) is 16.6. The third-order valence-corrected chi connectivity index (χ3v) is 5.88. The maximum absolute atomic E-state index is 13.0. The number of carbonyl (C=O) groups excluding carboxylic acids is 2. The number of hydrogen-bond acceptors (Lipinski definition) is 4. The molecular formula is C24H22N2O4. The largest absolute Gasteiger partial charge is 0.507 e. The van der Waals surface area contributed by atoms with Gasteiger partial charge in [-0.15, -0.1) is 0 Å². The minimum absolute atomic E-state index is 0.136. The van der Waals surface area contributed by atoms with E-state index in [0.29, 0.717) is 25.1 Å². The van der Waals surface area contributed by atoms with Crippen LogP contribution in [-0.4, -0.2) is 39.8 Å². The molecular weight excluding hydrogens is 380 g/mol. The third-order valence-electron chi connectivity index (χ3n) is 5.88. The van der Waals surface area contributed by atoms with Crippen molar-refractivity contribution in [2.75, 3.05) is 13.2 Å². The van der Waals surface area contributed by atoms with Gasteiger partial charge in [-0.3, -0.25) is 9.59 Å². The molecule has 2 aliphatic heterocycles. The van der Waals surface area contributed by atoms with Crippen LogP contribution in [0.3, 0.4) is 0 Å². The number of para-hydroxylation sites is 1. The Morgan fingerprint density at radius 3 is 2.90 bits per heavy atom. The molecule has 30 heavy (non-hydrogen) atoms. The number of aromatic nitrogens is 1. The van der Waals surface area contributed by atoms with Crippen LogP contribution in [0.5, 0.6) is 5.75 Å². The summed E-state index contributed by atoms with van der Waals surface area (Å²) < 4.78 is 5.54. The first-order chi connectivity index (χ1) is 14.6. The number of H-pyrrole nitrogens is 1. The lowest BCUT2D eigenvalue weighted by Crippen LogP contribution is -2.30. The van der Waals surface area contributed by atoms with E-state index >= 15 is 0 Å². The fraction of sp³-hybridized carbons (Fsp3) is 0.250.